The van der Waals surface area contributed by atoms with E-state index in [1.165, 1.54) is 24.0 Å². The van der Waals surface area contributed by atoms with Crippen LogP contribution in [-0.4, -0.2) is 67.4 Å². The number of hydrogen-bond acceptors (Lipinski definition) is 6. The van der Waals surface area contributed by atoms with E-state index in [4.69, 9.17) is 0 Å². The summed E-state index contributed by atoms with van der Waals surface area (Å²) < 4.78 is 0. The molecule has 0 radical (unpaired) electrons. The van der Waals surface area contributed by atoms with E-state index in [9.17, 15) is 29.4 Å². The number of carboxylic acid groups (broad SMARTS) is 1. The van der Waals surface area contributed by atoms with Crippen LogP contribution < -0.4 is 5.32 Å². The van der Waals surface area contributed by atoms with Gasteiger partial charge >= 0.3 is 5.97 Å². The molecule has 0 bridgehead atoms. The number of aromatic nitrogens is 1. The van der Waals surface area contributed by atoms with Crippen molar-refractivity contribution >= 4 is 35.3 Å². The summed E-state index contributed by atoms with van der Waals surface area (Å²) in [5.41, 5.74) is 0.0814. The summed E-state index contributed by atoms with van der Waals surface area (Å²) in [6.07, 6.45) is 1.49. The van der Waals surface area contributed by atoms with Gasteiger partial charge in [0, 0.05) is 11.9 Å². The molecule has 1 fully saturated rings. The molecule has 1 aromatic heterocycles. The summed E-state index contributed by atoms with van der Waals surface area (Å²) in [5.74, 6) is -3.46. The van der Waals surface area contributed by atoms with Gasteiger partial charge in [0.05, 0.1) is 12.3 Å². The number of aliphatic hydroxyl groups is 1. The summed E-state index contributed by atoms with van der Waals surface area (Å²) in [7, 11) is 0. The van der Waals surface area contributed by atoms with Gasteiger partial charge in [-0.2, -0.15) is 0 Å². The van der Waals surface area contributed by atoms with Crippen molar-refractivity contribution in [3.05, 3.63) is 35.3 Å². The molecule has 24 heavy (non-hydrogen) atoms. The molecule has 3 rings (SSSR count). The van der Waals surface area contributed by atoms with Crippen molar-refractivity contribution in [1.82, 2.24) is 15.2 Å². The van der Waals surface area contributed by atoms with Crippen LogP contribution in [0.25, 0.3) is 0 Å². The number of carboxylic acids is 1. The second kappa shape index (κ2) is 6.13. The SMILES string of the molecule is O=C(O)C1=C(CO)CSC2C(NC(=O)C(=O)c3ccc[nH]3)C(=O)N12. The maximum absolute atomic E-state index is 12.2. The monoisotopic (exact) mass is 351 g/mol. The van der Waals surface area contributed by atoms with Gasteiger partial charge in [-0.15, -0.1) is 11.8 Å². The van der Waals surface area contributed by atoms with E-state index in [1.807, 2.05) is 0 Å². The zero-order valence-corrected chi connectivity index (χ0v) is 13.0. The zero-order chi connectivity index (χ0) is 17.4. The Morgan fingerprint density at radius 3 is 2.75 bits per heavy atom. The van der Waals surface area contributed by atoms with Crippen LogP contribution in [0, 0.1) is 0 Å². The number of carbonyl (C=O) groups excluding carboxylic acids is 3. The maximum Gasteiger partial charge on any atom is 0.352 e. The van der Waals surface area contributed by atoms with E-state index in [0.29, 0.717) is 0 Å². The lowest BCUT2D eigenvalue weighted by atomic mass is 10.0. The average Bonchev–Trinajstić information content (AvgIpc) is 3.11. The molecule has 4 N–H and O–H groups in total. The molecule has 0 aromatic carbocycles. The largest absolute Gasteiger partial charge is 0.477 e. The first-order valence-electron chi connectivity index (χ1n) is 6.95. The van der Waals surface area contributed by atoms with Crippen LogP contribution in [0.2, 0.25) is 0 Å². The second-order valence-corrected chi connectivity index (χ2v) is 6.29. The van der Waals surface area contributed by atoms with Crippen LogP contribution in [0.5, 0.6) is 0 Å². The number of hydrogen-bond donors (Lipinski definition) is 4. The number of β-lactam (4-membered cyclic amide) rings is 1. The molecule has 0 aliphatic carbocycles. The Hall–Kier alpha value is -2.59. The Labute approximate surface area is 139 Å². The summed E-state index contributed by atoms with van der Waals surface area (Å²) in [6, 6.07) is 2.02. The van der Waals surface area contributed by atoms with Crippen LogP contribution in [0.1, 0.15) is 10.5 Å². The summed E-state index contributed by atoms with van der Waals surface area (Å²) in [6.45, 7) is -0.465. The number of H-pyrrole nitrogens is 1. The fourth-order valence-corrected chi connectivity index (χ4v) is 3.94. The van der Waals surface area contributed by atoms with E-state index in [1.54, 1.807) is 6.07 Å². The number of rotatable bonds is 5. The standard InChI is InChI=1S/C14H13N3O6S/c18-4-6-5-24-13-8(12(21)17(13)9(6)14(22)23)16-11(20)10(19)7-2-1-3-15-7/h1-3,8,13,15,18H,4-5H2,(H,16,20)(H,22,23). The summed E-state index contributed by atoms with van der Waals surface area (Å²) >= 11 is 1.22. The molecule has 2 unspecified atom stereocenters. The number of fused-ring (bicyclic) bond motifs is 1. The number of amides is 2. The third-order valence-electron chi connectivity index (χ3n) is 3.78. The molecule has 0 saturated carbocycles. The van der Waals surface area contributed by atoms with Gasteiger partial charge in [0.15, 0.2) is 0 Å². The number of aliphatic hydroxyl groups excluding tert-OH is 1. The van der Waals surface area contributed by atoms with Crippen molar-refractivity contribution in [2.24, 2.45) is 0 Å². The molecule has 3 heterocycles. The van der Waals surface area contributed by atoms with Crippen LogP contribution >= 0.6 is 11.8 Å². The topological polar surface area (TPSA) is 140 Å². The normalized spacial score (nSPS) is 22.7. The molecule has 0 spiro atoms. The predicted octanol–water partition coefficient (Wildman–Crippen LogP) is -1.07. The lowest BCUT2D eigenvalue weighted by molar-refractivity contribution is -0.150. The highest BCUT2D eigenvalue weighted by atomic mass is 32.2. The maximum atomic E-state index is 12.2. The van der Waals surface area contributed by atoms with Gasteiger partial charge in [0.1, 0.15) is 17.1 Å². The molecule has 10 heteroatoms. The molecule has 1 aromatic rings. The van der Waals surface area contributed by atoms with Crippen molar-refractivity contribution in [2.75, 3.05) is 12.4 Å². The van der Waals surface area contributed by atoms with E-state index >= 15 is 0 Å². The van der Waals surface area contributed by atoms with Gasteiger partial charge in [-0.1, -0.05) is 0 Å². The molecule has 2 aliphatic rings. The molecular weight excluding hydrogens is 338 g/mol. The van der Waals surface area contributed by atoms with E-state index in [2.05, 4.69) is 10.3 Å². The number of nitrogens with zero attached hydrogens (tertiary/aromatic N) is 1. The number of aromatic amines is 1. The predicted molar refractivity (Wildman–Crippen MR) is 81.9 cm³/mol. The second-order valence-electron chi connectivity index (χ2n) is 5.19. The van der Waals surface area contributed by atoms with Gasteiger partial charge in [-0.05, 0) is 17.7 Å². The zero-order valence-electron chi connectivity index (χ0n) is 12.2. The van der Waals surface area contributed by atoms with Crippen LogP contribution in [0.3, 0.4) is 0 Å². The van der Waals surface area contributed by atoms with Crippen LogP contribution in [0.15, 0.2) is 29.6 Å². The first-order valence-corrected chi connectivity index (χ1v) is 8.00. The molecule has 2 atom stereocenters. The minimum Gasteiger partial charge on any atom is -0.477 e. The number of nitrogens with one attached hydrogen (secondary N) is 2. The molecular formula is C14H13N3O6S. The lowest BCUT2D eigenvalue weighted by Crippen LogP contribution is -2.71. The number of thioether (sulfide) groups is 1. The van der Waals surface area contributed by atoms with Gasteiger partial charge < -0.3 is 20.5 Å². The molecule has 1 saturated heterocycles. The Morgan fingerprint density at radius 1 is 1.42 bits per heavy atom. The Morgan fingerprint density at radius 2 is 2.17 bits per heavy atom. The van der Waals surface area contributed by atoms with Crippen molar-refractivity contribution in [1.29, 1.82) is 0 Å². The summed E-state index contributed by atoms with van der Waals surface area (Å²) in [4.78, 5) is 51.1. The molecule has 126 valence electrons. The van der Waals surface area contributed by atoms with Crippen LogP contribution in [-0.2, 0) is 14.4 Å². The molecule has 2 aliphatic heterocycles. The third-order valence-corrected chi connectivity index (χ3v) is 5.12. The fourth-order valence-electron chi connectivity index (χ4n) is 2.61. The van der Waals surface area contributed by atoms with Crippen LogP contribution in [0.4, 0.5) is 0 Å². The molecule has 2 amide bonds. The number of Topliss-reactive ketones (excluding diaryl/α,β-unsaturated/α-hetero) is 1. The highest BCUT2D eigenvalue weighted by molar-refractivity contribution is 8.00. The average molecular weight is 351 g/mol. The number of aliphatic carboxylic acids is 1. The van der Waals surface area contributed by atoms with Crippen molar-refractivity contribution in [3.8, 4) is 0 Å². The first-order chi connectivity index (χ1) is 11.5. The van der Waals surface area contributed by atoms with Gasteiger partial charge in [0.2, 0.25) is 0 Å². The summed E-state index contributed by atoms with van der Waals surface area (Å²) in [5, 5.41) is 20.2. The van der Waals surface area contributed by atoms with Crippen molar-refractivity contribution < 1.29 is 29.4 Å². The fraction of sp³-hybridized carbons (Fsp3) is 0.286. The smallest absolute Gasteiger partial charge is 0.352 e. The highest BCUT2D eigenvalue weighted by Crippen LogP contribution is 2.40. The van der Waals surface area contributed by atoms with E-state index in [-0.39, 0.29) is 22.7 Å². The van der Waals surface area contributed by atoms with Gasteiger partial charge in [-0.3, -0.25) is 19.3 Å². The number of ketones is 1. The van der Waals surface area contributed by atoms with Gasteiger partial charge in [0.25, 0.3) is 17.6 Å². The Bertz CT molecular complexity index is 757. The minimum absolute atomic E-state index is 0.0983. The molecule has 9 nitrogen and oxygen atoms in total. The highest BCUT2D eigenvalue weighted by Gasteiger charge is 2.54. The first kappa shape index (κ1) is 16.3. The van der Waals surface area contributed by atoms with E-state index in [0.717, 1.165) is 4.90 Å². The van der Waals surface area contributed by atoms with Gasteiger partial charge in [-0.25, -0.2) is 4.79 Å². The Balaban J connectivity index is 1.74. The Kier molecular flexibility index (Phi) is 4.16. The lowest BCUT2D eigenvalue weighted by Gasteiger charge is -2.49. The van der Waals surface area contributed by atoms with Crippen molar-refractivity contribution in [3.63, 3.8) is 0 Å². The third kappa shape index (κ3) is 2.49. The quantitative estimate of drug-likeness (QED) is 0.301. The number of carbonyl (C=O) groups is 4. The van der Waals surface area contributed by atoms with E-state index < -0.39 is 41.6 Å². The van der Waals surface area contributed by atoms with Crippen molar-refractivity contribution in [2.45, 2.75) is 11.4 Å². The minimum atomic E-state index is -1.31.